The Hall–Kier alpha value is -3.03. The molecule has 1 fully saturated rings. The minimum absolute atomic E-state index is 0.0159. The number of methoxy groups -OCH3 is 1. The second-order valence-corrected chi connectivity index (χ2v) is 13.1. The molecule has 0 radical (unpaired) electrons. The third-order valence-electron chi connectivity index (χ3n) is 10.1. The standard InChI is InChI=1S/C34H41ClN2O5/c1-36-15-4-3-7-30(38)26-11-8-24(26)19-37-20-34(14-5-6-23-16-25(35)10-12-28(23)34)21-42-31-13-9-22(17-29(31)37)27(18-32(36)39)33(40)41-2/h3-4,9-10,12-13,16-17,24,26-27,30,38H,5-8,11,14-15,18-21H2,1-2H3/t24-,26+,27+,30-,34-/m0/s1. The molecule has 4 aliphatic rings. The average Bonchev–Trinajstić information content (AvgIpc) is 3.12. The number of aliphatic hydroxyl groups excluding tert-OH is 1. The molecular formula is C34H41ClN2O5. The van der Waals surface area contributed by atoms with E-state index in [1.54, 1.807) is 11.9 Å². The summed E-state index contributed by atoms with van der Waals surface area (Å²) in [5.74, 6) is 0.0644. The van der Waals surface area contributed by atoms with E-state index in [0.717, 1.165) is 67.2 Å². The van der Waals surface area contributed by atoms with Crippen LogP contribution in [0.3, 0.4) is 0 Å². The number of hydrogen-bond acceptors (Lipinski definition) is 6. The number of rotatable bonds is 1. The predicted molar refractivity (Wildman–Crippen MR) is 163 cm³/mol. The Morgan fingerprint density at radius 2 is 2.02 bits per heavy atom. The van der Waals surface area contributed by atoms with E-state index in [0.29, 0.717) is 25.5 Å². The molecule has 2 aromatic rings. The summed E-state index contributed by atoms with van der Waals surface area (Å²) in [7, 11) is 3.11. The van der Waals surface area contributed by atoms with Crippen molar-refractivity contribution in [1.82, 2.24) is 4.90 Å². The van der Waals surface area contributed by atoms with Gasteiger partial charge < -0.3 is 24.4 Å². The SMILES string of the molecule is COC(=O)[C@@H]1CC(=O)N(C)CC=CC[C@H](O)[C@@H]2CC[C@H]2CN2C[C@@]3(CCCc4cc(Cl)ccc43)COc3ccc1cc32. The van der Waals surface area contributed by atoms with Crippen LogP contribution in [0.2, 0.25) is 5.02 Å². The molecule has 7 nitrogen and oxygen atoms in total. The normalized spacial score (nSPS) is 29.6. The lowest BCUT2D eigenvalue weighted by Crippen LogP contribution is -2.49. The zero-order valence-electron chi connectivity index (χ0n) is 24.6. The van der Waals surface area contributed by atoms with E-state index in [2.05, 4.69) is 17.0 Å². The summed E-state index contributed by atoms with van der Waals surface area (Å²) in [6, 6.07) is 12.1. The maximum Gasteiger partial charge on any atom is 0.313 e. The monoisotopic (exact) mass is 592 g/mol. The van der Waals surface area contributed by atoms with Gasteiger partial charge in [0.1, 0.15) is 5.75 Å². The minimum Gasteiger partial charge on any atom is -0.490 e. The van der Waals surface area contributed by atoms with Gasteiger partial charge in [-0.25, -0.2) is 0 Å². The molecule has 2 bridgehead atoms. The number of ether oxygens (including phenoxy) is 2. The minimum atomic E-state index is -0.720. The molecule has 5 atom stereocenters. The first-order valence-corrected chi connectivity index (χ1v) is 15.6. The van der Waals surface area contributed by atoms with E-state index in [4.69, 9.17) is 21.1 Å². The van der Waals surface area contributed by atoms with Gasteiger partial charge in [0.25, 0.3) is 0 Å². The summed E-state index contributed by atoms with van der Waals surface area (Å²) < 4.78 is 11.8. The molecule has 1 spiro atoms. The van der Waals surface area contributed by atoms with Crippen molar-refractivity contribution in [2.24, 2.45) is 11.8 Å². The molecule has 1 amide bonds. The summed E-state index contributed by atoms with van der Waals surface area (Å²) in [4.78, 5) is 30.3. The van der Waals surface area contributed by atoms with Crippen molar-refractivity contribution in [3.8, 4) is 5.75 Å². The Morgan fingerprint density at radius 1 is 1.17 bits per heavy atom. The number of aliphatic hydroxyl groups is 1. The Labute approximate surface area is 253 Å². The van der Waals surface area contributed by atoms with Crippen LogP contribution in [0.25, 0.3) is 0 Å². The summed E-state index contributed by atoms with van der Waals surface area (Å²) >= 11 is 6.41. The smallest absolute Gasteiger partial charge is 0.313 e. The van der Waals surface area contributed by atoms with Gasteiger partial charge in [0.05, 0.1) is 31.4 Å². The van der Waals surface area contributed by atoms with Crippen molar-refractivity contribution in [3.05, 3.63) is 70.3 Å². The first-order valence-electron chi connectivity index (χ1n) is 15.2. The van der Waals surface area contributed by atoms with E-state index in [-0.39, 0.29) is 23.7 Å². The van der Waals surface area contributed by atoms with E-state index in [1.807, 2.05) is 36.4 Å². The first kappa shape index (κ1) is 29.1. The van der Waals surface area contributed by atoms with Gasteiger partial charge in [-0.2, -0.15) is 0 Å². The first-order chi connectivity index (χ1) is 20.3. The van der Waals surface area contributed by atoms with Crippen molar-refractivity contribution in [1.29, 1.82) is 0 Å². The lowest BCUT2D eigenvalue weighted by Gasteiger charge is -2.45. The second-order valence-electron chi connectivity index (χ2n) is 12.7. The lowest BCUT2D eigenvalue weighted by molar-refractivity contribution is -0.145. The molecule has 2 aliphatic carbocycles. The van der Waals surface area contributed by atoms with Gasteiger partial charge in [-0.3, -0.25) is 9.59 Å². The maximum atomic E-state index is 13.2. The highest BCUT2D eigenvalue weighted by atomic mass is 35.5. The number of likely N-dealkylation sites (N-methyl/N-ethyl adjacent to an activating group) is 1. The molecule has 1 N–H and O–H groups in total. The number of aryl methyl sites for hydroxylation is 1. The molecular weight excluding hydrogens is 552 g/mol. The van der Waals surface area contributed by atoms with Crippen molar-refractivity contribution >= 4 is 29.2 Å². The zero-order chi connectivity index (χ0) is 29.4. The number of nitrogens with zero attached hydrogens (tertiary/aromatic N) is 2. The number of carbonyl (C=O) groups is 2. The molecule has 0 saturated heterocycles. The molecule has 224 valence electrons. The quantitative estimate of drug-likeness (QED) is 0.359. The van der Waals surface area contributed by atoms with Gasteiger partial charge >= 0.3 is 5.97 Å². The molecule has 0 unspecified atom stereocenters. The van der Waals surface area contributed by atoms with Crippen LogP contribution < -0.4 is 9.64 Å². The maximum absolute atomic E-state index is 13.2. The fourth-order valence-corrected chi connectivity index (χ4v) is 7.71. The highest BCUT2D eigenvalue weighted by Gasteiger charge is 2.44. The van der Waals surface area contributed by atoms with Crippen LogP contribution in [-0.2, 0) is 26.2 Å². The largest absolute Gasteiger partial charge is 0.490 e. The Kier molecular flexibility index (Phi) is 8.25. The summed E-state index contributed by atoms with van der Waals surface area (Å²) in [6.45, 7) is 2.53. The molecule has 42 heavy (non-hydrogen) atoms. The van der Waals surface area contributed by atoms with Crippen LogP contribution >= 0.6 is 11.6 Å². The Morgan fingerprint density at radius 3 is 2.81 bits per heavy atom. The molecule has 2 aliphatic heterocycles. The van der Waals surface area contributed by atoms with Crippen molar-refractivity contribution < 1.29 is 24.2 Å². The summed E-state index contributed by atoms with van der Waals surface area (Å²) in [6.07, 6.45) is 9.22. The number of amides is 1. The van der Waals surface area contributed by atoms with E-state index in [9.17, 15) is 14.7 Å². The zero-order valence-corrected chi connectivity index (χ0v) is 25.3. The summed E-state index contributed by atoms with van der Waals surface area (Å²) in [5.41, 5.74) is 4.06. The topological polar surface area (TPSA) is 79.3 Å². The number of esters is 1. The highest BCUT2D eigenvalue weighted by Crippen LogP contribution is 2.47. The molecule has 2 aromatic carbocycles. The third kappa shape index (κ3) is 5.53. The number of halogens is 1. The summed E-state index contributed by atoms with van der Waals surface area (Å²) in [5, 5.41) is 11.9. The van der Waals surface area contributed by atoms with Crippen molar-refractivity contribution in [2.45, 2.75) is 62.4 Å². The van der Waals surface area contributed by atoms with Gasteiger partial charge in [-0.05, 0) is 91.3 Å². The van der Waals surface area contributed by atoms with Crippen molar-refractivity contribution in [3.63, 3.8) is 0 Å². The van der Waals surface area contributed by atoms with Crippen LogP contribution in [0, 0.1) is 11.8 Å². The van der Waals surface area contributed by atoms with Crippen molar-refractivity contribution in [2.75, 3.05) is 45.3 Å². The van der Waals surface area contributed by atoms with Gasteiger partial charge in [0.15, 0.2) is 0 Å². The highest BCUT2D eigenvalue weighted by molar-refractivity contribution is 6.30. The second kappa shape index (κ2) is 11.9. The van der Waals surface area contributed by atoms with Crippen LogP contribution in [0.15, 0.2) is 48.6 Å². The number of fused-ring (bicyclic) bond motifs is 4. The van der Waals surface area contributed by atoms with E-state index in [1.165, 1.54) is 18.2 Å². The Balaban J connectivity index is 1.43. The van der Waals surface area contributed by atoms with Gasteiger partial charge in [0.2, 0.25) is 5.91 Å². The van der Waals surface area contributed by atoms with Crippen LogP contribution in [-0.4, -0.2) is 68.4 Å². The average molecular weight is 593 g/mol. The molecule has 1 saturated carbocycles. The molecule has 6 rings (SSSR count). The fourth-order valence-electron chi connectivity index (χ4n) is 7.51. The van der Waals surface area contributed by atoms with E-state index < -0.39 is 18.0 Å². The molecule has 2 heterocycles. The number of hydrogen-bond donors (Lipinski definition) is 1. The van der Waals surface area contributed by atoms with Gasteiger partial charge in [-0.1, -0.05) is 35.9 Å². The number of carbonyl (C=O) groups excluding carboxylic acids is 2. The van der Waals surface area contributed by atoms with Crippen LogP contribution in [0.5, 0.6) is 5.75 Å². The van der Waals surface area contributed by atoms with Crippen LogP contribution in [0.1, 0.15) is 61.1 Å². The third-order valence-corrected chi connectivity index (χ3v) is 10.3. The predicted octanol–water partition coefficient (Wildman–Crippen LogP) is 5.27. The lowest BCUT2D eigenvalue weighted by atomic mass is 9.68. The number of anilines is 1. The Bertz CT molecular complexity index is 1380. The van der Waals surface area contributed by atoms with Gasteiger partial charge in [-0.15, -0.1) is 0 Å². The molecule has 8 heteroatoms. The van der Waals surface area contributed by atoms with Crippen LogP contribution in [0.4, 0.5) is 5.69 Å². The number of benzene rings is 2. The van der Waals surface area contributed by atoms with E-state index >= 15 is 0 Å². The fraction of sp³-hybridized carbons (Fsp3) is 0.529. The molecule has 0 aromatic heterocycles. The van der Waals surface area contributed by atoms with Gasteiger partial charge in [0, 0.05) is 43.5 Å².